The summed E-state index contributed by atoms with van der Waals surface area (Å²) < 4.78 is 34.2. The number of carbonyl (C=O) groups excluding carboxylic acids is 2. The van der Waals surface area contributed by atoms with Crippen molar-refractivity contribution in [2.75, 3.05) is 19.7 Å². The zero-order valence-corrected chi connectivity index (χ0v) is 15.7. The summed E-state index contributed by atoms with van der Waals surface area (Å²) in [7, 11) is 0. The van der Waals surface area contributed by atoms with E-state index in [2.05, 4.69) is 15.9 Å². The van der Waals surface area contributed by atoms with Gasteiger partial charge in [0.25, 0.3) is 0 Å². The summed E-state index contributed by atoms with van der Waals surface area (Å²) in [4.78, 5) is 27.9. The molecule has 1 aliphatic carbocycles. The molecule has 1 saturated carbocycles. The molecular weight excluding hydrogens is 410 g/mol. The summed E-state index contributed by atoms with van der Waals surface area (Å²) >= 11 is 3.05. The molecule has 0 bridgehead atoms. The molecule has 1 aromatic rings. The molecule has 0 radical (unpaired) electrons. The molecule has 140 valence electrons. The molecule has 2 saturated heterocycles. The minimum Gasteiger partial charge on any atom is -0.363 e. The Bertz CT molecular complexity index is 748. The summed E-state index contributed by atoms with van der Waals surface area (Å²) in [6.45, 7) is 0.669. The van der Waals surface area contributed by atoms with Crippen LogP contribution in [0, 0.1) is 11.6 Å². The van der Waals surface area contributed by atoms with E-state index in [1.807, 2.05) is 4.90 Å². The third-order valence-electron chi connectivity index (χ3n) is 5.39. The normalized spacial score (nSPS) is 26.7. The topological polar surface area (TPSA) is 49.9 Å². The lowest BCUT2D eigenvalue weighted by molar-refractivity contribution is -0.178. The number of rotatable bonds is 3. The fraction of sp³-hybridized carbons (Fsp3) is 0.556. The van der Waals surface area contributed by atoms with Gasteiger partial charge >= 0.3 is 0 Å². The van der Waals surface area contributed by atoms with Gasteiger partial charge in [-0.15, -0.1) is 0 Å². The smallest absolute Gasteiger partial charge is 0.248 e. The molecule has 2 aliphatic heterocycles. The predicted molar refractivity (Wildman–Crippen MR) is 92.1 cm³/mol. The van der Waals surface area contributed by atoms with Crippen LogP contribution in [0.4, 0.5) is 8.78 Å². The lowest BCUT2D eigenvalue weighted by Gasteiger charge is -2.46. The van der Waals surface area contributed by atoms with Crippen molar-refractivity contribution >= 4 is 27.7 Å². The molecule has 0 aromatic heterocycles. The quantitative estimate of drug-likeness (QED) is 0.743. The van der Waals surface area contributed by atoms with Crippen molar-refractivity contribution in [1.82, 2.24) is 9.80 Å². The number of likely N-dealkylation sites (tertiary alicyclic amines) is 1. The molecule has 1 aromatic carbocycles. The van der Waals surface area contributed by atoms with Crippen molar-refractivity contribution < 1.29 is 23.1 Å². The molecule has 1 unspecified atom stereocenters. The van der Waals surface area contributed by atoms with Crippen LogP contribution in [-0.4, -0.2) is 53.0 Å². The first kappa shape index (κ1) is 17.9. The molecular formula is C18H19BrF2N2O3. The van der Waals surface area contributed by atoms with Crippen molar-refractivity contribution in [1.29, 1.82) is 0 Å². The molecule has 26 heavy (non-hydrogen) atoms. The van der Waals surface area contributed by atoms with Gasteiger partial charge in [0.05, 0.1) is 25.1 Å². The first-order chi connectivity index (χ1) is 12.4. The molecule has 3 aliphatic rings. The molecule has 2 heterocycles. The van der Waals surface area contributed by atoms with E-state index in [-0.39, 0.29) is 43.0 Å². The van der Waals surface area contributed by atoms with Crippen LogP contribution in [0.3, 0.4) is 0 Å². The number of nitrogens with zero attached hydrogens (tertiary/aromatic N) is 2. The second-order valence-electron chi connectivity index (χ2n) is 7.31. The maximum absolute atomic E-state index is 14.1. The first-order valence-corrected chi connectivity index (χ1v) is 9.51. The van der Waals surface area contributed by atoms with Gasteiger partial charge in [-0.1, -0.05) is 15.9 Å². The van der Waals surface area contributed by atoms with E-state index < -0.39 is 17.2 Å². The summed E-state index contributed by atoms with van der Waals surface area (Å²) in [5, 5.41) is 0. The average molecular weight is 429 g/mol. The van der Waals surface area contributed by atoms with Crippen molar-refractivity contribution in [2.24, 2.45) is 0 Å². The van der Waals surface area contributed by atoms with Crippen LogP contribution in [-0.2, 0) is 20.9 Å². The zero-order valence-electron chi connectivity index (χ0n) is 14.1. The van der Waals surface area contributed by atoms with Crippen LogP contribution in [0.1, 0.15) is 31.2 Å². The second kappa shape index (κ2) is 6.56. The number of carbonyl (C=O) groups is 2. The Hall–Kier alpha value is -1.54. The third kappa shape index (κ3) is 3.36. The van der Waals surface area contributed by atoms with Crippen molar-refractivity contribution in [3.8, 4) is 0 Å². The van der Waals surface area contributed by atoms with Crippen LogP contribution in [0.25, 0.3) is 0 Å². The number of morpholine rings is 1. The largest absolute Gasteiger partial charge is 0.363 e. The number of benzene rings is 1. The number of hydrogen-bond acceptors (Lipinski definition) is 3. The maximum Gasteiger partial charge on any atom is 0.248 e. The van der Waals surface area contributed by atoms with E-state index in [0.29, 0.717) is 24.0 Å². The van der Waals surface area contributed by atoms with Crippen LogP contribution in [0.2, 0.25) is 0 Å². The van der Waals surface area contributed by atoms with E-state index >= 15 is 0 Å². The van der Waals surface area contributed by atoms with Gasteiger partial charge in [-0.25, -0.2) is 8.78 Å². The number of halogens is 3. The highest BCUT2D eigenvalue weighted by Gasteiger charge is 2.48. The van der Waals surface area contributed by atoms with Gasteiger partial charge in [0.2, 0.25) is 11.8 Å². The average Bonchev–Trinajstić information content (AvgIpc) is 3.40. The fourth-order valence-corrected chi connectivity index (χ4v) is 4.14. The second-order valence-corrected chi connectivity index (χ2v) is 8.23. The van der Waals surface area contributed by atoms with Crippen LogP contribution in [0.5, 0.6) is 0 Å². The number of hydrogen-bond donors (Lipinski definition) is 0. The maximum atomic E-state index is 14.1. The monoisotopic (exact) mass is 428 g/mol. The molecule has 3 fully saturated rings. The molecule has 8 heteroatoms. The van der Waals surface area contributed by atoms with Crippen LogP contribution < -0.4 is 0 Å². The van der Waals surface area contributed by atoms with E-state index in [1.54, 1.807) is 0 Å². The Labute approximate surface area is 158 Å². The summed E-state index contributed by atoms with van der Waals surface area (Å²) in [5.74, 6) is -1.58. The Balaban J connectivity index is 1.46. The summed E-state index contributed by atoms with van der Waals surface area (Å²) in [6.07, 6.45) is 2.69. The molecule has 2 amide bonds. The standard InChI is InChI=1S/C18H19BrF2N2O3/c19-11-5-14(20)13(15(21)6-11)8-22-4-3-18(7-16(22)24)10-23(12-1-2-12)17(25)9-26-18/h5-6,12H,1-4,7-10H2. The van der Waals surface area contributed by atoms with E-state index in [9.17, 15) is 18.4 Å². The van der Waals surface area contributed by atoms with Crippen molar-refractivity contribution in [2.45, 2.75) is 43.9 Å². The van der Waals surface area contributed by atoms with Gasteiger partial charge < -0.3 is 14.5 Å². The van der Waals surface area contributed by atoms with Gasteiger partial charge in [0.15, 0.2) is 0 Å². The Kier molecular flexibility index (Phi) is 4.51. The predicted octanol–water partition coefficient (Wildman–Crippen LogP) is 2.61. The Morgan fingerprint density at radius 1 is 1.19 bits per heavy atom. The third-order valence-corrected chi connectivity index (χ3v) is 5.84. The molecule has 1 atom stereocenters. The van der Waals surface area contributed by atoms with Gasteiger partial charge in [0, 0.05) is 22.6 Å². The lowest BCUT2D eigenvalue weighted by Crippen LogP contribution is -2.60. The van der Waals surface area contributed by atoms with Crippen LogP contribution >= 0.6 is 15.9 Å². The highest BCUT2D eigenvalue weighted by molar-refractivity contribution is 9.10. The van der Waals surface area contributed by atoms with Crippen LogP contribution in [0.15, 0.2) is 16.6 Å². The summed E-state index contributed by atoms with van der Waals surface area (Å²) in [6, 6.07) is 2.66. The molecule has 5 nitrogen and oxygen atoms in total. The highest BCUT2D eigenvalue weighted by atomic mass is 79.9. The van der Waals surface area contributed by atoms with Gasteiger partial charge in [0.1, 0.15) is 18.2 Å². The Morgan fingerprint density at radius 3 is 2.50 bits per heavy atom. The zero-order chi connectivity index (χ0) is 18.5. The Morgan fingerprint density at radius 2 is 1.88 bits per heavy atom. The number of amides is 2. The molecule has 0 N–H and O–H groups in total. The molecule has 4 rings (SSSR count). The minimum atomic E-state index is -0.676. The number of piperidine rings is 1. The first-order valence-electron chi connectivity index (χ1n) is 8.71. The fourth-order valence-electron chi connectivity index (χ4n) is 3.74. The SMILES string of the molecule is O=C1CC2(CCN1Cc1c(F)cc(Br)cc1F)CN(C1CC1)C(=O)CO2. The molecule has 1 spiro atoms. The number of ether oxygens (including phenoxy) is 1. The van der Waals surface area contributed by atoms with Crippen molar-refractivity contribution in [3.63, 3.8) is 0 Å². The van der Waals surface area contributed by atoms with E-state index in [0.717, 1.165) is 12.8 Å². The summed E-state index contributed by atoms with van der Waals surface area (Å²) in [5.41, 5.74) is -0.780. The van der Waals surface area contributed by atoms with Gasteiger partial charge in [-0.2, -0.15) is 0 Å². The minimum absolute atomic E-state index is 0.000250. The van der Waals surface area contributed by atoms with E-state index in [1.165, 1.54) is 17.0 Å². The lowest BCUT2D eigenvalue weighted by atomic mass is 9.88. The van der Waals surface area contributed by atoms with Gasteiger partial charge in [-0.05, 0) is 31.4 Å². The van der Waals surface area contributed by atoms with E-state index in [4.69, 9.17) is 4.74 Å². The highest BCUT2D eigenvalue weighted by Crippen LogP contribution is 2.37. The van der Waals surface area contributed by atoms with Gasteiger partial charge in [-0.3, -0.25) is 9.59 Å². The van der Waals surface area contributed by atoms with Crippen molar-refractivity contribution in [3.05, 3.63) is 33.8 Å².